The number of carboxylic acids is 1. The molecule has 0 aliphatic heterocycles. The van der Waals surface area contributed by atoms with E-state index < -0.39 is 11.9 Å². The van der Waals surface area contributed by atoms with Gasteiger partial charge in [-0.3, -0.25) is 4.79 Å². The van der Waals surface area contributed by atoms with E-state index in [9.17, 15) is 9.90 Å². The Morgan fingerprint density at radius 3 is 2.37 bits per heavy atom. The third-order valence-corrected chi connectivity index (χ3v) is 3.29. The van der Waals surface area contributed by atoms with Crippen molar-refractivity contribution in [3.8, 4) is 11.5 Å². The number of benzene rings is 1. The molecule has 0 saturated carbocycles. The van der Waals surface area contributed by atoms with Crippen LogP contribution >= 0.6 is 0 Å². The summed E-state index contributed by atoms with van der Waals surface area (Å²) in [5.74, 6) is -0.0946. The van der Waals surface area contributed by atoms with Crippen molar-refractivity contribution in [3.63, 3.8) is 0 Å². The molecule has 1 rings (SSSR count). The quantitative estimate of drug-likeness (QED) is 0.825. The molecule has 5 nitrogen and oxygen atoms in total. The van der Waals surface area contributed by atoms with Gasteiger partial charge in [-0.25, -0.2) is 0 Å². The number of methoxy groups -OCH3 is 2. The number of nitrogens with one attached hydrogen (secondary N) is 1. The fourth-order valence-electron chi connectivity index (χ4n) is 2.21. The Morgan fingerprint density at radius 2 is 1.95 bits per heavy atom. The molecule has 2 unspecified atom stereocenters. The maximum Gasteiger partial charge on any atom is 0.308 e. The van der Waals surface area contributed by atoms with Gasteiger partial charge >= 0.3 is 5.97 Å². The van der Waals surface area contributed by atoms with Gasteiger partial charge in [-0.2, -0.15) is 0 Å². The van der Waals surface area contributed by atoms with E-state index in [1.807, 2.05) is 13.0 Å². The number of carbonyl (C=O) groups is 1. The van der Waals surface area contributed by atoms with Gasteiger partial charge in [0.1, 0.15) is 11.5 Å². The van der Waals surface area contributed by atoms with Gasteiger partial charge in [0.25, 0.3) is 0 Å². The summed E-state index contributed by atoms with van der Waals surface area (Å²) in [4.78, 5) is 11.2. The first-order chi connectivity index (χ1) is 8.96. The van der Waals surface area contributed by atoms with Crippen molar-refractivity contribution in [3.05, 3.63) is 23.3 Å². The number of rotatable bonds is 6. The Labute approximate surface area is 113 Å². The van der Waals surface area contributed by atoms with Crippen LogP contribution in [0.5, 0.6) is 11.5 Å². The molecular weight excluding hydrogens is 246 g/mol. The highest BCUT2D eigenvalue weighted by molar-refractivity contribution is 5.71. The van der Waals surface area contributed by atoms with Crippen molar-refractivity contribution in [2.45, 2.75) is 19.9 Å². The lowest BCUT2D eigenvalue weighted by Crippen LogP contribution is -2.29. The lowest BCUT2D eigenvalue weighted by molar-refractivity contribution is -0.142. The van der Waals surface area contributed by atoms with Gasteiger partial charge in [0.2, 0.25) is 0 Å². The molecule has 19 heavy (non-hydrogen) atoms. The van der Waals surface area contributed by atoms with Crippen LogP contribution in [0.25, 0.3) is 0 Å². The molecule has 1 aromatic rings. The second-order valence-corrected chi connectivity index (χ2v) is 4.45. The fraction of sp³-hybridized carbons (Fsp3) is 0.500. The third kappa shape index (κ3) is 3.17. The molecule has 106 valence electrons. The van der Waals surface area contributed by atoms with Crippen LogP contribution in [-0.2, 0) is 4.79 Å². The largest absolute Gasteiger partial charge is 0.497 e. The number of ether oxygens (including phenoxy) is 2. The van der Waals surface area contributed by atoms with E-state index in [-0.39, 0.29) is 6.04 Å². The van der Waals surface area contributed by atoms with Crippen LogP contribution in [0.3, 0.4) is 0 Å². The minimum Gasteiger partial charge on any atom is -0.497 e. The lowest BCUT2D eigenvalue weighted by atomic mass is 9.90. The summed E-state index contributed by atoms with van der Waals surface area (Å²) in [5.41, 5.74) is 1.78. The van der Waals surface area contributed by atoms with E-state index in [0.29, 0.717) is 11.5 Å². The van der Waals surface area contributed by atoms with Crippen LogP contribution in [-0.4, -0.2) is 32.3 Å². The van der Waals surface area contributed by atoms with Crippen molar-refractivity contribution in [1.29, 1.82) is 0 Å². The summed E-state index contributed by atoms with van der Waals surface area (Å²) in [6.07, 6.45) is 0. The minimum atomic E-state index is -0.850. The number of aryl methyl sites for hydroxylation is 1. The van der Waals surface area contributed by atoms with Crippen molar-refractivity contribution < 1.29 is 19.4 Å². The van der Waals surface area contributed by atoms with E-state index in [2.05, 4.69) is 5.32 Å². The maximum absolute atomic E-state index is 11.2. The summed E-state index contributed by atoms with van der Waals surface area (Å²) in [6, 6.07) is 3.32. The Bertz CT molecular complexity index is 459. The molecule has 0 aliphatic rings. The standard InChI is InChI=1S/C14H21NO4/c1-8-6-10(18-4)7-11(19-5)12(8)13(15-3)9(2)14(16)17/h6-7,9,13,15H,1-5H3,(H,16,17). The third-order valence-electron chi connectivity index (χ3n) is 3.29. The van der Waals surface area contributed by atoms with Gasteiger partial charge in [0, 0.05) is 17.7 Å². The second kappa shape index (κ2) is 6.43. The Kier molecular flexibility index (Phi) is 5.18. The first-order valence-electron chi connectivity index (χ1n) is 6.08. The molecule has 2 atom stereocenters. The zero-order valence-electron chi connectivity index (χ0n) is 12.0. The summed E-state index contributed by atoms with van der Waals surface area (Å²) in [7, 11) is 4.90. The summed E-state index contributed by atoms with van der Waals surface area (Å²) < 4.78 is 10.6. The summed E-state index contributed by atoms with van der Waals surface area (Å²) in [5, 5.41) is 12.2. The van der Waals surface area contributed by atoms with Crippen molar-refractivity contribution in [1.82, 2.24) is 5.32 Å². The molecule has 0 fully saturated rings. The first-order valence-corrected chi connectivity index (χ1v) is 6.08. The normalized spacial score (nSPS) is 13.7. The highest BCUT2D eigenvalue weighted by Gasteiger charge is 2.28. The molecule has 0 saturated heterocycles. The zero-order chi connectivity index (χ0) is 14.6. The molecule has 0 aliphatic carbocycles. The van der Waals surface area contributed by atoms with Crippen molar-refractivity contribution in [2.75, 3.05) is 21.3 Å². The summed E-state index contributed by atoms with van der Waals surface area (Å²) in [6.45, 7) is 3.59. The molecular formula is C14H21NO4. The van der Waals surface area contributed by atoms with Crippen LogP contribution < -0.4 is 14.8 Å². The van der Waals surface area contributed by atoms with Gasteiger partial charge in [0.15, 0.2) is 0 Å². The number of carboxylic acid groups (broad SMARTS) is 1. The number of hydrogen-bond acceptors (Lipinski definition) is 4. The molecule has 0 bridgehead atoms. The molecule has 5 heteroatoms. The molecule has 0 radical (unpaired) electrons. The Balaban J connectivity index is 3.34. The molecule has 0 amide bonds. The topological polar surface area (TPSA) is 67.8 Å². The monoisotopic (exact) mass is 267 g/mol. The highest BCUT2D eigenvalue weighted by Crippen LogP contribution is 2.36. The van der Waals surface area contributed by atoms with Crippen molar-refractivity contribution in [2.24, 2.45) is 5.92 Å². The van der Waals surface area contributed by atoms with Crippen LogP contribution in [0.2, 0.25) is 0 Å². The molecule has 0 aromatic heterocycles. The van der Waals surface area contributed by atoms with Gasteiger partial charge in [0.05, 0.1) is 20.1 Å². The van der Waals surface area contributed by atoms with Gasteiger partial charge in [-0.1, -0.05) is 6.92 Å². The molecule has 0 spiro atoms. The number of hydrogen-bond donors (Lipinski definition) is 2. The lowest BCUT2D eigenvalue weighted by Gasteiger charge is -2.25. The van der Waals surface area contributed by atoms with E-state index >= 15 is 0 Å². The predicted octanol–water partition coefficient (Wildman–Crippen LogP) is 1.99. The van der Waals surface area contributed by atoms with Gasteiger partial charge in [-0.05, 0) is 25.6 Å². The van der Waals surface area contributed by atoms with E-state index in [4.69, 9.17) is 9.47 Å². The Morgan fingerprint density at radius 1 is 1.32 bits per heavy atom. The van der Waals surface area contributed by atoms with Gasteiger partial charge < -0.3 is 19.9 Å². The zero-order valence-corrected chi connectivity index (χ0v) is 12.0. The van der Waals surface area contributed by atoms with Crippen molar-refractivity contribution >= 4 is 5.97 Å². The van der Waals surface area contributed by atoms with Crippen LogP contribution in [0.4, 0.5) is 0 Å². The van der Waals surface area contributed by atoms with Crippen LogP contribution in [0, 0.1) is 12.8 Å². The first kappa shape index (κ1) is 15.3. The number of aliphatic carboxylic acids is 1. The van der Waals surface area contributed by atoms with E-state index in [1.165, 1.54) is 0 Å². The van der Waals surface area contributed by atoms with Gasteiger partial charge in [-0.15, -0.1) is 0 Å². The van der Waals surface area contributed by atoms with Crippen LogP contribution in [0.15, 0.2) is 12.1 Å². The highest BCUT2D eigenvalue weighted by atomic mass is 16.5. The van der Waals surface area contributed by atoms with E-state index in [1.54, 1.807) is 34.3 Å². The SMILES string of the molecule is CNC(c1c(C)cc(OC)cc1OC)C(C)C(=O)O. The fourth-order valence-corrected chi connectivity index (χ4v) is 2.21. The predicted molar refractivity (Wildman–Crippen MR) is 72.9 cm³/mol. The molecule has 0 heterocycles. The maximum atomic E-state index is 11.2. The van der Waals surface area contributed by atoms with E-state index in [0.717, 1.165) is 11.1 Å². The average Bonchev–Trinajstić information content (AvgIpc) is 2.40. The molecule has 1 aromatic carbocycles. The Hall–Kier alpha value is -1.75. The average molecular weight is 267 g/mol. The summed E-state index contributed by atoms with van der Waals surface area (Å²) >= 11 is 0. The minimum absolute atomic E-state index is 0.321. The second-order valence-electron chi connectivity index (χ2n) is 4.45. The molecule has 2 N–H and O–H groups in total. The smallest absolute Gasteiger partial charge is 0.308 e. The van der Waals surface area contributed by atoms with Crippen LogP contribution in [0.1, 0.15) is 24.1 Å².